The summed E-state index contributed by atoms with van der Waals surface area (Å²) in [6.45, 7) is 4.71. The minimum atomic E-state index is -0.454. The molecule has 0 saturated heterocycles. The van der Waals surface area contributed by atoms with Crippen LogP contribution in [0.4, 0.5) is 10.5 Å². The van der Waals surface area contributed by atoms with Gasteiger partial charge in [-0.25, -0.2) is 4.79 Å². The Morgan fingerprint density at radius 3 is 2.71 bits per heavy atom. The van der Waals surface area contributed by atoms with Crippen LogP contribution in [0.25, 0.3) is 0 Å². The molecule has 0 aliphatic heterocycles. The van der Waals surface area contributed by atoms with E-state index in [2.05, 4.69) is 40.4 Å². The molecule has 0 atom stereocenters. The zero-order valence-corrected chi connectivity index (χ0v) is 14.5. The lowest BCUT2D eigenvalue weighted by Crippen LogP contribution is -2.40. The maximum Gasteiger partial charge on any atom is 0.321 e. The molecule has 1 aromatic rings. The first-order valence-electron chi connectivity index (χ1n) is 6.64. The monoisotopic (exact) mass is 373 g/mol. The number of halogens is 1. The van der Waals surface area contributed by atoms with Crippen molar-refractivity contribution in [3.63, 3.8) is 0 Å². The summed E-state index contributed by atoms with van der Waals surface area (Å²) >= 11 is 4.62. The highest BCUT2D eigenvalue weighted by molar-refractivity contribution is 9.10. The van der Waals surface area contributed by atoms with Crippen LogP contribution in [0.15, 0.2) is 27.6 Å². The molecule has 21 heavy (non-hydrogen) atoms. The Morgan fingerprint density at radius 2 is 2.10 bits per heavy atom. The maximum atomic E-state index is 11.7. The molecule has 0 fully saturated rings. The van der Waals surface area contributed by atoms with Crippen LogP contribution in [0.3, 0.4) is 0 Å². The van der Waals surface area contributed by atoms with Crippen LogP contribution in [0, 0.1) is 5.92 Å². The predicted molar refractivity (Wildman–Crippen MR) is 90.3 cm³/mol. The SMILES string of the molecule is CC(C)CCNC(=O)NC(=O)CSc1ccc(Br)cc1N. The zero-order valence-electron chi connectivity index (χ0n) is 12.1. The number of carbonyl (C=O) groups is 2. The fourth-order valence-corrected chi connectivity index (χ4v) is 2.60. The van der Waals surface area contributed by atoms with Gasteiger partial charge in [-0.1, -0.05) is 29.8 Å². The quantitative estimate of drug-likeness (QED) is 0.528. The maximum absolute atomic E-state index is 11.7. The van der Waals surface area contributed by atoms with Gasteiger partial charge in [-0.15, -0.1) is 11.8 Å². The van der Waals surface area contributed by atoms with Crippen molar-refractivity contribution in [3.05, 3.63) is 22.7 Å². The molecule has 0 spiro atoms. The third-order valence-electron chi connectivity index (χ3n) is 2.59. The van der Waals surface area contributed by atoms with Gasteiger partial charge < -0.3 is 11.1 Å². The van der Waals surface area contributed by atoms with Crippen molar-refractivity contribution < 1.29 is 9.59 Å². The van der Waals surface area contributed by atoms with E-state index in [0.717, 1.165) is 15.8 Å². The first-order valence-corrected chi connectivity index (χ1v) is 8.42. The van der Waals surface area contributed by atoms with Crippen LogP contribution in [-0.4, -0.2) is 24.2 Å². The van der Waals surface area contributed by atoms with Crippen molar-refractivity contribution in [2.75, 3.05) is 18.0 Å². The molecule has 5 nitrogen and oxygen atoms in total. The highest BCUT2D eigenvalue weighted by Crippen LogP contribution is 2.27. The number of anilines is 1. The first kappa shape index (κ1) is 17.8. The largest absolute Gasteiger partial charge is 0.398 e. The summed E-state index contributed by atoms with van der Waals surface area (Å²) in [5.41, 5.74) is 6.44. The Labute approximate surface area is 137 Å². The number of carbonyl (C=O) groups excluding carboxylic acids is 2. The number of hydrogen-bond donors (Lipinski definition) is 3. The highest BCUT2D eigenvalue weighted by atomic mass is 79.9. The van der Waals surface area contributed by atoms with Crippen LogP contribution in [0.5, 0.6) is 0 Å². The third-order valence-corrected chi connectivity index (χ3v) is 4.17. The lowest BCUT2D eigenvalue weighted by atomic mass is 10.1. The molecule has 0 saturated carbocycles. The second-order valence-electron chi connectivity index (χ2n) is 4.96. The van der Waals surface area contributed by atoms with Crippen molar-refractivity contribution in [3.8, 4) is 0 Å². The number of benzene rings is 1. The summed E-state index contributed by atoms with van der Waals surface area (Å²) in [5, 5.41) is 4.95. The second kappa shape index (κ2) is 8.94. The molecular formula is C14H20BrN3O2S. The minimum absolute atomic E-state index is 0.142. The molecule has 0 unspecified atom stereocenters. The molecule has 0 aromatic heterocycles. The molecule has 116 valence electrons. The number of nitrogens with one attached hydrogen (secondary N) is 2. The molecule has 1 aromatic carbocycles. The Bertz CT molecular complexity index is 509. The Kier molecular flexibility index (Phi) is 7.60. The molecule has 0 aliphatic carbocycles. The van der Waals surface area contributed by atoms with E-state index in [9.17, 15) is 9.59 Å². The van der Waals surface area contributed by atoms with Crippen molar-refractivity contribution in [2.45, 2.75) is 25.2 Å². The number of urea groups is 1. The van der Waals surface area contributed by atoms with Gasteiger partial charge in [0.15, 0.2) is 0 Å². The average Bonchev–Trinajstić information content (AvgIpc) is 2.37. The van der Waals surface area contributed by atoms with Gasteiger partial charge in [0.1, 0.15) is 0 Å². The average molecular weight is 374 g/mol. The van der Waals surface area contributed by atoms with Crippen molar-refractivity contribution >= 4 is 45.3 Å². The molecule has 0 heterocycles. The summed E-state index contributed by atoms with van der Waals surface area (Å²) in [5.74, 6) is 0.310. The van der Waals surface area contributed by atoms with Gasteiger partial charge in [-0.3, -0.25) is 10.1 Å². The van der Waals surface area contributed by atoms with Crippen molar-refractivity contribution in [2.24, 2.45) is 5.92 Å². The number of rotatable bonds is 6. The Hall–Kier alpha value is -1.21. The smallest absolute Gasteiger partial charge is 0.321 e. The van der Waals surface area contributed by atoms with Gasteiger partial charge in [0, 0.05) is 21.6 Å². The molecule has 4 N–H and O–H groups in total. The summed E-state index contributed by atoms with van der Waals surface area (Å²) < 4.78 is 0.887. The fourth-order valence-electron chi connectivity index (χ4n) is 1.48. The third kappa shape index (κ3) is 7.38. The summed E-state index contributed by atoms with van der Waals surface area (Å²) in [7, 11) is 0. The van der Waals surface area contributed by atoms with Gasteiger partial charge in [0.2, 0.25) is 5.91 Å². The number of thioether (sulfide) groups is 1. The lowest BCUT2D eigenvalue weighted by molar-refractivity contribution is -0.117. The van der Waals surface area contributed by atoms with Gasteiger partial charge in [-0.2, -0.15) is 0 Å². The van der Waals surface area contributed by atoms with Crippen LogP contribution < -0.4 is 16.4 Å². The van der Waals surface area contributed by atoms with Crippen LogP contribution in [0.2, 0.25) is 0 Å². The number of imide groups is 1. The molecule has 7 heteroatoms. The van der Waals surface area contributed by atoms with E-state index in [-0.39, 0.29) is 11.7 Å². The van der Waals surface area contributed by atoms with Gasteiger partial charge >= 0.3 is 6.03 Å². The summed E-state index contributed by atoms with van der Waals surface area (Å²) in [6, 6.07) is 5.01. The minimum Gasteiger partial charge on any atom is -0.398 e. The topological polar surface area (TPSA) is 84.2 Å². The van der Waals surface area contributed by atoms with E-state index in [1.807, 2.05) is 12.1 Å². The molecule has 0 bridgehead atoms. The predicted octanol–water partition coefficient (Wildman–Crippen LogP) is 3.00. The number of nitrogen functional groups attached to an aromatic ring is 1. The van der Waals surface area contributed by atoms with E-state index in [1.165, 1.54) is 11.8 Å². The van der Waals surface area contributed by atoms with E-state index in [1.54, 1.807) is 6.07 Å². The molecule has 0 radical (unpaired) electrons. The molecular weight excluding hydrogens is 354 g/mol. The molecule has 3 amide bonds. The molecule has 0 aliphatic rings. The zero-order chi connectivity index (χ0) is 15.8. The number of nitrogens with two attached hydrogens (primary N) is 1. The Morgan fingerprint density at radius 1 is 1.38 bits per heavy atom. The number of amides is 3. The Balaban J connectivity index is 2.32. The fraction of sp³-hybridized carbons (Fsp3) is 0.429. The second-order valence-corrected chi connectivity index (χ2v) is 6.89. The van der Waals surface area contributed by atoms with Crippen molar-refractivity contribution in [1.82, 2.24) is 10.6 Å². The normalized spacial score (nSPS) is 10.5. The summed E-state index contributed by atoms with van der Waals surface area (Å²) in [6.07, 6.45) is 0.881. The van der Waals surface area contributed by atoms with E-state index in [0.29, 0.717) is 18.2 Å². The standard InChI is InChI=1S/C14H20BrN3O2S/c1-9(2)5-6-17-14(20)18-13(19)8-21-12-4-3-10(15)7-11(12)16/h3-4,7,9H,5-6,8,16H2,1-2H3,(H2,17,18,19,20). The van der Waals surface area contributed by atoms with E-state index >= 15 is 0 Å². The number of hydrogen-bond acceptors (Lipinski definition) is 4. The van der Waals surface area contributed by atoms with Crippen molar-refractivity contribution in [1.29, 1.82) is 0 Å². The highest BCUT2D eigenvalue weighted by Gasteiger charge is 2.09. The van der Waals surface area contributed by atoms with Crippen LogP contribution in [0.1, 0.15) is 20.3 Å². The lowest BCUT2D eigenvalue weighted by Gasteiger charge is -2.09. The van der Waals surface area contributed by atoms with Crippen LogP contribution in [-0.2, 0) is 4.79 Å². The van der Waals surface area contributed by atoms with Gasteiger partial charge in [0.25, 0.3) is 0 Å². The summed E-state index contributed by atoms with van der Waals surface area (Å²) in [4.78, 5) is 23.9. The molecule has 1 rings (SSSR count). The first-order chi connectivity index (χ1) is 9.88. The van der Waals surface area contributed by atoms with Gasteiger partial charge in [0.05, 0.1) is 5.75 Å². The van der Waals surface area contributed by atoms with Crippen LogP contribution >= 0.6 is 27.7 Å². The van der Waals surface area contributed by atoms with E-state index in [4.69, 9.17) is 5.73 Å². The van der Waals surface area contributed by atoms with E-state index < -0.39 is 6.03 Å². The van der Waals surface area contributed by atoms with Gasteiger partial charge in [-0.05, 0) is 30.5 Å².